The summed E-state index contributed by atoms with van der Waals surface area (Å²) in [7, 11) is 0. The molecule has 0 aromatic heterocycles. The van der Waals surface area contributed by atoms with E-state index in [4.69, 9.17) is 0 Å². The SMILES string of the molecule is CSC1=NCCSC1.I.I. The topological polar surface area (TPSA) is 12.4 Å². The maximum atomic E-state index is 4.31. The lowest BCUT2D eigenvalue weighted by molar-refractivity contribution is 1.14. The molecule has 1 nitrogen and oxygen atoms in total. The Labute approximate surface area is 105 Å². The van der Waals surface area contributed by atoms with Crippen LogP contribution >= 0.6 is 71.5 Å². The molecule has 0 amide bonds. The number of aliphatic imine (C=N–C) groups is 1. The second kappa shape index (κ2) is 8.92. The Bertz CT molecular complexity index is 108. The average molecular weight is 403 g/mol. The summed E-state index contributed by atoms with van der Waals surface area (Å²) in [6, 6.07) is 0. The predicted octanol–water partition coefficient (Wildman–Crippen LogP) is 2.73. The van der Waals surface area contributed by atoms with Gasteiger partial charge in [-0.3, -0.25) is 4.99 Å². The highest BCUT2D eigenvalue weighted by Gasteiger charge is 2.01. The fourth-order valence-corrected chi connectivity index (χ4v) is 2.14. The number of hydrogen-bond acceptors (Lipinski definition) is 3. The van der Waals surface area contributed by atoms with Gasteiger partial charge in [0.2, 0.25) is 0 Å². The number of halogens is 2. The van der Waals surface area contributed by atoms with Crippen LogP contribution in [0.3, 0.4) is 0 Å². The van der Waals surface area contributed by atoms with Gasteiger partial charge in [0.15, 0.2) is 0 Å². The molecule has 10 heavy (non-hydrogen) atoms. The zero-order valence-corrected chi connectivity index (χ0v) is 12.0. The Kier molecular flexibility index (Phi) is 12.8. The molecule has 0 bridgehead atoms. The van der Waals surface area contributed by atoms with Crippen molar-refractivity contribution in [1.82, 2.24) is 0 Å². The Morgan fingerprint density at radius 1 is 1.50 bits per heavy atom. The van der Waals surface area contributed by atoms with Crippen molar-refractivity contribution in [2.24, 2.45) is 4.99 Å². The van der Waals surface area contributed by atoms with E-state index in [9.17, 15) is 0 Å². The highest BCUT2D eigenvalue weighted by molar-refractivity contribution is 14.0. The smallest absolute Gasteiger partial charge is 0.0772 e. The van der Waals surface area contributed by atoms with E-state index < -0.39 is 0 Å². The molecule has 0 aromatic rings. The van der Waals surface area contributed by atoms with E-state index in [1.165, 1.54) is 10.8 Å². The van der Waals surface area contributed by atoms with Gasteiger partial charge >= 0.3 is 0 Å². The summed E-state index contributed by atoms with van der Waals surface area (Å²) in [5, 5.41) is 1.31. The number of nitrogens with zero attached hydrogens (tertiary/aromatic N) is 1. The zero-order chi connectivity index (χ0) is 5.82. The molecule has 0 aliphatic carbocycles. The van der Waals surface area contributed by atoms with Crippen LogP contribution in [0.25, 0.3) is 0 Å². The normalized spacial score (nSPS) is 16.3. The summed E-state index contributed by atoms with van der Waals surface area (Å²) in [4.78, 5) is 4.31. The molecular formula is C5H11I2NS2. The molecule has 1 aliphatic rings. The Morgan fingerprint density at radius 3 is 2.50 bits per heavy atom. The van der Waals surface area contributed by atoms with E-state index in [1.54, 1.807) is 11.8 Å². The van der Waals surface area contributed by atoms with Gasteiger partial charge in [-0.2, -0.15) is 11.8 Å². The summed E-state index contributed by atoms with van der Waals surface area (Å²) in [5.74, 6) is 2.35. The lowest BCUT2D eigenvalue weighted by atomic mass is 10.7. The van der Waals surface area contributed by atoms with Gasteiger partial charge in [-0.15, -0.1) is 59.7 Å². The fraction of sp³-hybridized carbons (Fsp3) is 0.800. The standard InChI is InChI=1S/C5H9NS2.2HI/c1-7-5-4-8-3-2-6-5;;/h2-4H2,1H3;2*1H. The molecular weight excluding hydrogens is 392 g/mol. The molecule has 0 fully saturated rings. The van der Waals surface area contributed by atoms with Gasteiger partial charge in [0.1, 0.15) is 0 Å². The average Bonchev–Trinajstić information content (AvgIpc) is 1.90. The maximum absolute atomic E-state index is 4.31. The second-order valence-corrected chi connectivity index (χ2v) is 3.52. The van der Waals surface area contributed by atoms with E-state index in [0.717, 1.165) is 12.3 Å². The summed E-state index contributed by atoms with van der Waals surface area (Å²) >= 11 is 3.75. The summed E-state index contributed by atoms with van der Waals surface area (Å²) < 4.78 is 0. The van der Waals surface area contributed by atoms with E-state index >= 15 is 0 Å². The van der Waals surface area contributed by atoms with Crippen molar-refractivity contribution in [1.29, 1.82) is 0 Å². The van der Waals surface area contributed by atoms with Crippen molar-refractivity contribution in [3.05, 3.63) is 0 Å². The van der Waals surface area contributed by atoms with Gasteiger partial charge in [0.25, 0.3) is 0 Å². The molecule has 0 saturated carbocycles. The Morgan fingerprint density at radius 2 is 2.20 bits per heavy atom. The molecule has 1 aliphatic heterocycles. The number of rotatable bonds is 0. The molecule has 62 valence electrons. The van der Waals surface area contributed by atoms with Crippen LogP contribution in [0, 0.1) is 0 Å². The summed E-state index contributed by atoms with van der Waals surface area (Å²) in [6.45, 7) is 1.03. The molecule has 0 spiro atoms. The molecule has 0 N–H and O–H groups in total. The summed E-state index contributed by atoms with van der Waals surface area (Å²) in [6.07, 6.45) is 2.09. The first-order chi connectivity index (χ1) is 3.93. The largest absolute Gasteiger partial charge is 0.281 e. The van der Waals surface area contributed by atoms with Crippen molar-refractivity contribution >= 4 is 76.5 Å². The summed E-state index contributed by atoms with van der Waals surface area (Å²) in [5.41, 5.74) is 0. The van der Waals surface area contributed by atoms with Gasteiger partial charge < -0.3 is 0 Å². The maximum Gasteiger partial charge on any atom is 0.0772 e. The molecule has 0 saturated heterocycles. The van der Waals surface area contributed by atoms with Gasteiger partial charge in [-0.05, 0) is 6.26 Å². The molecule has 0 atom stereocenters. The first-order valence-corrected chi connectivity index (χ1v) is 4.96. The van der Waals surface area contributed by atoms with Crippen LogP contribution in [0.1, 0.15) is 0 Å². The molecule has 5 heteroatoms. The second-order valence-electron chi connectivity index (χ2n) is 1.53. The van der Waals surface area contributed by atoms with E-state index in [1.807, 2.05) is 11.8 Å². The van der Waals surface area contributed by atoms with Crippen LogP contribution in [0.15, 0.2) is 4.99 Å². The molecule has 0 radical (unpaired) electrons. The lowest BCUT2D eigenvalue weighted by Gasteiger charge is -2.07. The minimum absolute atomic E-state index is 0. The predicted molar refractivity (Wildman–Crippen MR) is 74.0 cm³/mol. The van der Waals surface area contributed by atoms with Crippen LogP contribution in [0.2, 0.25) is 0 Å². The lowest BCUT2D eigenvalue weighted by Crippen LogP contribution is -2.05. The van der Waals surface area contributed by atoms with Crippen LogP contribution in [-0.2, 0) is 0 Å². The third-order valence-corrected chi connectivity index (χ3v) is 2.86. The van der Waals surface area contributed by atoms with E-state index in [-0.39, 0.29) is 48.0 Å². The highest BCUT2D eigenvalue weighted by Crippen LogP contribution is 2.12. The molecule has 1 rings (SSSR count). The Hall–Kier alpha value is 1.83. The minimum atomic E-state index is 0. The van der Waals surface area contributed by atoms with Gasteiger partial charge in [-0.1, -0.05) is 0 Å². The fourth-order valence-electron chi connectivity index (χ4n) is 0.563. The quantitative estimate of drug-likeness (QED) is 0.577. The number of thioether (sulfide) groups is 2. The third kappa shape index (κ3) is 5.48. The highest BCUT2D eigenvalue weighted by atomic mass is 127. The molecule has 0 aromatic carbocycles. The van der Waals surface area contributed by atoms with Crippen LogP contribution in [0.4, 0.5) is 0 Å². The van der Waals surface area contributed by atoms with Crippen molar-refractivity contribution in [2.75, 3.05) is 24.3 Å². The minimum Gasteiger partial charge on any atom is -0.281 e. The van der Waals surface area contributed by atoms with Crippen LogP contribution in [0.5, 0.6) is 0 Å². The van der Waals surface area contributed by atoms with Gasteiger partial charge in [0.05, 0.1) is 5.04 Å². The first kappa shape index (κ1) is 14.4. The van der Waals surface area contributed by atoms with Crippen molar-refractivity contribution in [2.45, 2.75) is 0 Å². The Balaban J connectivity index is 0. The molecule has 0 unspecified atom stereocenters. The zero-order valence-electron chi connectivity index (χ0n) is 5.70. The van der Waals surface area contributed by atoms with E-state index in [2.05, 4.69) is 11.2 Å². The van der Waals surface area contributed by atoms with Crippen LogP contribution in [-0.4, -0.2) is 29.3 Å². The van der Waals surface area contributed by atoms with Crippen molar-refractivity contribution in [3.63, 3.8) is 0 Å². The first-order valence-electron chi connectivity index (χ1n) is 2.58. The number of hydrogen-bond donors (Lipinski definition) is 0. The van der Waals surface area contributed by atoms with E-state index in [0.29, 0.717) is 0 Å². The van der Waals surface area contributed by atoms with Crippen molar-refractivity contribution < 1.29 is 0 Å². The van der Waals surface area contributed by atoms with Crippen molar-refractivity contribution in [3.8, 4) is 0 Å². The van der Waals surface area contributed by atoms with Gasteiger partial charge in [-0.25, -0.2) is 0 Å². The monoisotopic (exact) mass is 403 g/mol. The third-order valence-electron chi connectivity index (χ3n) is 0.985. The molecule has 1 heterocycles. The van der Waals surface area contributed by atoms with Gasteiger partial charge in [0, 0.05) is 18.1 Å². The van der Waals surface area contributed by atoms with Crippen LogP contribution < -0.4 is 0 Å².